The van der Waals surface area contributed by atoms with E-state index in [1.54, 1.807) is 0 Å². The largest absolute Gasteiger partial charge is 0.743 e. The van der Waals surface area contributed by atoms with Crippen molar-refractivity contribution in [2.45, 2.75) is 47.9 Å². The van der Waals surface area contributed by atoms with Gasteiger partial charge in [-0.1, -0.05) is 13.3 Å². The summed E-state index contributed by atoms with van der Waals surface area (Å²) < 4.78 is 141. The summed E-state index contributed by atoms with van der Waals surface area (Å²) >= 11 is 0. The summed E-state index contributed by atoms with van der Waals surface area (Å²) in [5.41, 5.74) is 0. The van der Waals surface area contributed by atoms with Crippen molar-refractivity contribution in [3.05, 3.63) is 24.3 Å². The van der Waals surface area contributed by atoms with Crippen LogP contribution >= 0.6 is 0 Å². The van der Waals surface area contributed by atoms with Crippen LogP contribution < -0.4 is 4.74 Å². The van der Waals surface area contributed by atoms with Crippen molar-refractivity contribution in [2.75, 3.05) is 19.1 Å². The summed E-state index contributed by atoms with van der Waals surface area (Å²) in [6.45, 7) is 3.01. The Kier molecular flexibility index (Phi) is 10.1. The summed E-state index contributed by atoms with van der Waals surface area (Å²) in [5.74, 6) is -13.8. The number of halogens is 9. The molecule has 0 aliphatic rings. The number of benzene rings is 1. The minimum atomic E-state index is -7.43. The molecule has 0 aliphatic carbocycles. The maximum atomic E-state index is 12.2. The second kappa shape index (κ2) is 10.5. The molecule has 0 saturated carbocycles. The van der Waals surface area contributed by atoms with Crippen LogP contribution in [-0.4, -0.2) is 55.4 Å². The van der Waals surface area contributed by atoms with Gasteiger partial charge in [-0.2, -0.15) is 39.5 Å². The van der Waals surface area contributed by atoms with Gasteiger partial charge in [0.2, 0.25) is 0 Å². The fraction of sp³-hybridized carbons (Fsp3) is 0.625. The molecule has 1 aromatic carbocycles. The molecule has 0 atom stereocenters. The van der Waals surface area contributed by atoms with Crippen LogP contribution in [0.25, 0.3) is 0 Å². The average molecular weight is 510 g/mol. The van der Waals surface area contributed by atoms with Crippen LogP contribution in [0.2, 0.25) is 0 Å². The third-order valence-corrected chi connectivity index (χ3v) is 5.59. The van der Waals surface area contributed by atoms with E-state index in [1.165, 1.54) is 11.3 Å². The highest BCUT2D eigenvalue weighted by molar-refractivity contribution is 7.95. The molecule has 1 aromatic rings. The van der Waals surface area contributed by atoms with Crippen molar-refractivity contribution in [3.63, 3.8) is 0 Å². The Hall–Kier alpha value is -1.35. The number of rotatable bonds is 8. The zero-order chi connectivity index (χ0) is 24.9. The van der Waals surface area contributed by atoms with Crippen LogP contribution in [0, 0.1) is 0 Å². The number of hydrogen-bond donors (Lipinski definition) is 0. The lowest BCUT2D eigenvalue weighted by atomic mass is 10.1. The van der Waals surface area contributed by atoms with Gasteiger partial charge in [0.25, 0.3) is 0 Å². The van der Waals surface area contributed by atoms with Gasteiger partial charge >= 0.3 is 23.3 Å². The van der Waals surface area contributed by atoms with Gasteiger partial charge in [-0.15, -0.1) is 0 Å². The van der Waals surface area contributed by atoms with Crippen LogP contribution in [0.3, 0.4) is 0 Å². The van der Waals surface area contributed by atoms with Crippen LogP contribution in [0.5, 0.6) is 5.75 Å². The number of alkyl halides is 9. The topological polar surface area (TPSA) is 66.4 Å². The van der Waals surface area contributed by atoms with Crippen LogP contribution in [-0.2, 0) is 21.0 Å². The Labute approximate surface area is 175 Å². The van der Waals surface area contributed by atoms with Crippen LogP contribution in [0.4, 0.5) is 39.5 Å². The highest BCUT2D eigenvalue weighted by atomic mass is 32.2. The molecule has 0 spiro atoms. The molecule has 0 aliphatic heterocycles. The second-order valence-corrected chi connectivity index (χ2v) is 9.63. The van der Waals surface area contributed by atoms with Gasteiger partial charge in [-0.25, -0.2) is 8.42 Å². The third-order valence-electron chi connectivity index (χ3n) is 3.49. The zero-order valence-corrected chi connectivity index (χ0v) is 17.9. The first kappa shape index (κ1) is 29.7. The summed E-state index contributed by atoms with van der Waals surface area (Å²) in [6, 6.07) is 8.45. The highest BCUT2D eigenvalue weighted by Gasteiger charge is 2.83. The monoisotopic (exact) mass is 510 g/mol. The van der Waals surface area contributed by atoms with Crippen molar-refractivity contribution in [1.29, 1.82) is 0 Å². The van der Waals surface area contributed by atoms with E-state index in [0.29, 0.717) is 10.9 Å². The summed E-state index contributed by atoms with van der Waals surface area (Å²) in [5, 5.41) is -7.11. The van der Waals surface area contributed by atoms with E-state index in [4.69, 9.17) is 4.74 Å². The number of hydrogen-bond acceptors (Lipinski definition) is 4. The molecule has 0 bridgehead atoms. The van der Waals surface area contributed by atoms with Gasteiger partial charge in [0.05, 0.1) is 6.61 Å². The Bertz CT molecular complexity index is 792. The van der Waals surface area contributed by atoms with E-state index in [1.807, 2.05) is 0 Å². The van der Waals surface area contributed by atoms with E-state index < -0.39 is 33.4 Å². The van der Waals surface area contributed by atoms with Crippen molar-refractivity contribution in [2.24, 2.45) is 0 Å². The van der Waals surface area contributed by atoms with Crippen molar-refractivity contribution in [1.82, 2.24) is 0 Å². The quantitative estimate of drug-likeness (QED) is 0.212. The maximum absolute atomic E-state index is 12.2. The normalized spacial score (nSPS) is 13.6. The molecule has 0 fully saturated rings. The summed E-state index contributed by atoms with van der Waals surface area (Å²) in [4.78, 5) is 1.40. The molecule has 4 nitrogen and oxygen atoms in total. The fourth-order valence-corrected chi connectivity index (χ4v) is 2.78. The Morgan fingerprint density at radius 2 is 1.35 bits per heavy atom. The SMILES string of the molecule is CCCCOc1ccc([S+](C)C)cc1.O=S(=O)([O-])C(F)(F)C(F)(F)C(F)(F)C(F)(F)F. The first-order valence-electron chi connectivity index (χ1n) is 8.20. The minimum absolute atomic E-state index is 0.350. The standard InChI is InChI=1S/C12H19OS.C4HF9O3S/c1-4-5-10-13-11-6-8-12(9-7-11)14(2)3;5-1(6,3(9,10)11)2(7,8)4(12,13)17(14,15)16/h6-9H,4-5,10H2,1-3H3;(H,14,15,16)/q+1;/p-1. The predicted molar refractivity (Wildman–Crippen MR) is 94.9 cm³/mol. The molecule has 1 rings (SSSR count). The molecular formula is C16H19F9O4S2. The molecule has 15 heteroatoms. The first-order valence-corrected chi connectivity index (χ1v) is 11.6. The molecule has 0 heterocycles. The second-order valence-electron chi connectivity index (χ2n) is 6.11. The summed E-state index contributed by atoms with van der Waals surface area (Å²) in [7, 11) is -7.07. The molecule has 0 aromatic heterocycles. The number of ether oxygens (including phenoxy) is 1. The van der Waals surface area contributed by atoms with Gasteiger partial charge in [0.15, 0.2) is 15.0 Å². The smallest absolute Gasteiger partial charge is 0.460 e. The number of unbranched alkanes of at least 4 members (excludes halogenated alkanes) is 1. The molecule has 182 valence electrons. The molecule has 0 unspecified atom stereocenters. The lowest BCUT2D eigenvalue weighted by molar-refractivity contribution is -0.382. The lowest BCUT2D eigenvalue weighted by Gasteiger charge is -2.34. The van der Waals surface area contributed by atoms with E-state index in [0.717, 1.165) is 18.8 Å². The first-order chi connectivity index (χ1) is 13.7. The van der Waals surface area contributed by atoms with E-state index in [-0.39, 0.29) is 0 Å². The van der Waals surface area contributed by atoms with Crippen LogP contribution in [0.15, 0.2) is 29.2 Å². The zero-order valence-electron chi connectivity index (χ0n) is 16.3. The Balaban J connectivity index is 0.000000590. The minimum Gasteiger partial charge on any atom is -0.743 e. The Morgan fingerprint density at radius 1 is 0.903 bits per heavy atom. The fourth-order valence-electron chi connectivity index (χ4n) is 1.66. The molecule has 0 saturated heterocycles. The maximum Gasteiger partial charge on any atom is 0.460 e. The lowest BCUT2D eigenvalue weighted by Crippen LogP contribution is -2.63. The molecule has 0 N–H and O–H groups in total. The molecular weight excluding hydrogens is 491 g/mol. The highest BCUT2D eigenvalue weighted by Crippen LogP contribution is 2.54. The molecule has 31 heavy (non-hydrogen) atoms. The van der Waals surface area contributed by atoms with Crippen LogP contribution in [0.1, 0.15) is 19.8 Å². The molecule has 0 radical (unpaired) electrons. The average Bonchev–Trinajstić information content (AvgIpc) is 2.60. The molecule has 0 amide bonds. The van der Waals surface area contributed by atoms with Crippen molar-refractivity contribution >= 4 is 21.0 Å². The van der Waals surface area contributed by atoms with Gasteiger partial charge in [0.1, 0.15) is 18.3 Å². The van der Waals surface area contributed by atoms with E-state index >= 15 is 0 Å². The predicted octanol–water partition coefficient (Wildman–Crippen LogP) is 5.06. The van der Waals surface area contributed by atoms with Gasteiger partial charge in [0, 0.05) is 10.9 Å². The van der Waals surface area contributed by atoms with E-state index in [2.05, 4.69) is 43.7 Å². The van der Waals surface area contributed by atoms with Crippen molar-refractivity contribution in [3.8, 4) is 5.75 Å². The summed E-state index contributed by atoms with van der Waals surface area (Å²) in [6.07, 6.45) is -0.385. The third kappa shape index (κ3) is 7.07. The Morgan fingerprint density at radius 3 is 1.68 bits per heavy atom. The van der Waals surface area contributed by atoms with Crippen molar-refractivity contribution < 1.29 is 57.2 Å². The van der Waals surface area contributed by atoms with Gasteiger partial charge in [-0.05, 0) is 30.7 Å². The van der Waals surface area contributed by atoms with Gasteiger partial charge < -0.3 is 9.29 Å². The van der Waals surface area contributed by atoms with E-state index in [9.17, 15) is 52.5 Å². The van der Waals surface area contributed by atoms with Gasteiger partial charge in [-0.3, -0.25) is 0 Å².